The summed E-state index contributed by atoms with van der Waals surface area (Å²) in [6, 6.07) is 13.7. The van der Waals surface area contributed by atoms with E-state index >= 15 is 0 Å². The summed E-state index contributed by atoms with van der Waals surface area (Å²) in [5.41, 5.74) is 1.91. The minimum atomic E-state index is -3.67. The highest BCUT2D eigenvalue weighted by atomic mass is 35.5. The van der Waals surface area contributed by atoms with Crippen molar-refractivity contribution in [1.29, 1.82) is 0 Å². The van der Waals surface area contributed by atoms with Gasteiger partial charge in [-0.2, -0.15) is 0 Å². The Kier molecular flexibility index (Phi) is 4.96. The van der Waals surface area contributed by atoms with Crippen LogP contribution in [0.1, 0.15) is 5.56 Å². The van der Waals surface area contributed by atoms with E-state index in [9.17, 15) is 8.42 Å². The molecule has 1 heterocycles. The smallest absolute Gasteiger partial charge is 0.245 e. The van der Waals surface area contributed by atoms with Crippen LogP contribution < -0.4 is 9.46 Å². The van der Waals surface area contributed by atoms with Gasteiger partial charge in [0.25, 0.3) is 0 Å². The lowest BCUT2D eigenvalue weighted by molar-refractivity contribution is 0.415. The lowest BCUT2D eigenvalue weighted by Crippen LogP contribution is -2.15. The van der Waals surface area contributed by atoms with Crippen LogP contribution in [0, 0.1) is 0 Å². The van der Waals surface area contributed by atoms with E-state index in [0.29, 0.717) is 21.9 Å². The Labute approximate surface area is 150 Å². The topological polar surface area (TPSA) is 81.4 Å². The molecule has 0 atom stereocenters. The lowest BCUT2D eigenvalue weighted by atomic mass is 10.1. The van der Waals surface area contributed by atoms with Crippen LogP contribution in [0.15, 0.2) is 59.3 Å². The quantitative estimate of drug-likeness (QED) is 0.702. The molecule has 0 saturated carbocycles. The van der Waals surface area contributed by atoms with Crippen molar-refractivity contribution in [3.63, 3.8) is 0 Å². The highest BCUT2D eigenvalue weighted by Gasteiger charge is 2.18. The summed E-state index contributed by atoms with van der Waals surface area (Å²) in [4.78, 5) is 0. The highest BCUT2D eigenvalue weighted by Crippen LogP contribution is 2.30. The molecule has 1 N–H and O–H groups in total. The van der Waals surface area contributed by atoms with Crippen molar-refractivity contribution in [1.82, 2.24) is 5.16 Å². The number of rotatable bonds is 6. The number of hydrogen-bond acceptors (Lipinski definition) is 5. The molecule has 3 aromatic rings. The molecule has 8 heteroatoms. The van der Waals surface area contributed by atoms with Gasteiger partial charge in [0.2, 0.25) is 15.9 Å². The van der Waals surface area contributed by atoms with Crippen LogP contribution in [-0.2, 0) is 15.8 Å². The Morgan fingerprint density at radius 3 is 2.44 bits per heavy atom. The third kappa shape index (κ3) is 4.32. The summed E-state index contributed by atoms with van der Waals surface area (Å²) in [5, 5.41) is 4.24. The number of aromatic nitrogens is 1. The van der Waals surface area contributed by atoms with Gasteiger partial charge in [0, 0.05) is 5.02 Å². The summed E-state index contributed by atoms with van der Waals surface area (Å²) in [7, 11) is -2.09. The van der Waals surface area contributed by atoms with Gasteiger partial charge in [0.1, 0.15) is 5.75 Å². The minimum Gasteiger partial charge on any atom is -0.497 e. The van der Waals surface area contributed by atoms with Gasteiger partial charge in [0.15, 0.2) is 0 Å². The monoisotopic (exact) mass is 378 g/mol. The molecule has 0 aliphatic rings. The Morgan fingerprint density at radius 1 is 1.12 bits per heavy atom. The molecule has 0 fully saturated rings. The molecule has 0 aliphatic heterocycles. The van der Waals surface area contributed by atoms with Gasteiger partial charge >= 0.3 is 0 Å². The number of ether oxygens (including phenoxy) is 1. The van der Waals surface area contributed by atoms with Gasteiger partial charge in [-0.15, -0.1) is 0 Å². The van der Waals surface area contributed by atoms with Crippen molar-refractivity contribution in [2.75, 3.05) is 11.8 Å². The molecular weight excluding hydrogens is 364 g/mol. The predicted molar refractivity (Wildman–Crippen MR) is 96.2 cm³/mol. The SMILES string of the molecule is COc1ccc(-c2cnoc2NS(=O)(=O)Cc2ccc(Cl)cc2)cc1. The lowest BCUT2D eigenvalue weighted by Gasteiger charge is -2.07. The van der Waals surface area contributed by atoms with Crippen LogP contribution in [0.3, 0.4) is 0 Å². The molecule has 0 radical (unpaired) electrons. The van der Waals surface area contributed by atoms with Gasteiger partial charge in [-0.05, 0) is 35.4 Å². The van der Waals surface area contributed by atoms with E-state index in [1.54, 1.807) is 55.6 Å². The molecule has 0 bridgehead atoms. The first kappa shape index (κ1) is 17.3. The standard InChI is InChI=1S/C17H15ClN2O4S/c1-23-15-8-4-13(5-9-15)16-10-19-24-17(16)20-25(21,22)11-12-2-6-14(18)7-3-12/h2-10,20H,11H2,1H3. The zero-order valence-corrected chi connectivity index (χ0v) is 14.8. The molecule has 0 spiro atoms. The zero-order valence-electron chi connectivity index (χ0n) is 13.3. The molecule has 0 unspecified atom stereocenters. The van der Waals surface area contributed by atoms with E-state index < -0.39 is 10.0 Å². The number of hydrogen-bond donors (Lipinski definition) is 1. The van der Waals surface area contributed by atoms with Crippen LogP contribution in [0.25, 0.3) is 11.1 Å². The third-order valence-electron chi connectivity index (χ3n) is 3.49. The summed E-state index contributed by atoms with van der Waals surface area (Å²) in [6.07, 6.45) is 1.46. The average molecular weight is 379 g/mol. The molecule has 3 rings (SSSR count). The molecule has 0 saturated heterocycles. The summed E-state index contributed by atoms with van der Waals surface area (Å²) in [6.45, 7) is 0. The Balaban J connectivity index is 1.80. The van der Waals surface area contributed by atoms with E-state index in [0.717, 1.165) is 5.56 Å². The Morgan fingerprint density at radius 2 is 1.80 bits per heavy atom. The first-order chi connectivity index (χ1) is 12.0. The van der Waals surface area contributed by atoms with E-state index in [-0.39, 0.29) is 11.6 Å². The minimum absolute atomic E-state index is 0.0686. The molecule has 130 valence electrons. The normalized spacial score (nSPS) is 11.3. The van der Waals surface area contributed by atoms with Crippen LogP contribution >= 0.6 is 11.6 Å². The Hall–Kier alpha value is -2.51. The van der Waals surface area contributed by atoms with E-state index in [2.05, 4.69) is 9.88 Å². The van der Waals surface area contributed by atoms with Crippen molar-refractivity contribution in [3.8, 4) is 16.9 Å². The Bertz CT molecular complexity index is 951. The van der Waals surface area contributed by atoms with Crippen molar-refractivity contribution in [3.05, 3.63) is 65.3 Å². The van der Waals surface area contributed by atoms with E-state index in [1.165, 1.54) is 6.20 Å². The van der Waals surface area contributed by atoms with Gasteiger partial charge in [-0.1, -0.05) is 41.0 Å². The number of anilines is 1. The number of methoxy groups -OCH3 is 1. The van der Waals surface area contributed by atoms with Crippen molar-refractivity contribution >= 4 is 27.5 Å². The van der Waals surface area contributed by atoms with E-state index in [1.807, 2.05) is 0 Å². The fourth-order valence-corrected chi connectivity index (χ4v) is 3.53. The third-order valence-corrected chi connectivity index (χ3v) is 4.95. The predicted octanol–water partition coefficient (Wildman–Crippen LogP) is 3.95. The first-order valence-corrected chi connectivity index (χ1v) is 9.34. The number of benzene rings is 2. The highest BCUT2D eigenvalue weighted by molar-refractivity contribution is 7.91. The van der Waals surface area contributed by atoms with Crippen LogP contribution in [0.4, 0.5) is 5.88 Å². The first-order valence-electron chi connectivity index (χ1n) is 7.31. The molecule has 6 nitrogen and oxygen atoms in total. The van der Waals surface area contributed by atoms with Gasteiger partial charge < -0.3 is 9.26 Å². The largest absolute Gasteiger partial charge is 0.497 e. The van der Waals surface area contributed by atoms with Gasteiger partial charge in [0.05, 0.1) is 24.6 Å². The van der Waals surface area contributed by atoms with Crippen LogP contribution in [0.5, 0.6) is 5.75 Å². The second-order valence-corrected chi connectivity index (χ2v) is 7.44. The van der Waals surface area contributed by atoms with Crippen molar-refractivity contribution < 1.29 is 17.7 Å². The van der Waals surface area contributed by atoms with E-state index in [4.69, 9.17) is 20.9 Å². The molecule has 25 heavy (non-hydrogen) atoms. The van der Waals surface area contributed by atoms with Crippen LogP contribution in [-0.4, -0.2) is 20.7 Å². The number of halogens is 1. The second kappa shape index (κ2) is 7.16. The van der Waals surface area contributed by atoms with Gasteiger partial charge in [-0.3, -0.25) is 4.72 Å². The van der Waals surface area contributed by atoms with Crippen molar-refractivity contribution in [2.24, 2.45) is 0 Å². The summed E-state index contributed by atoms with van der Waals surface area (Å²) >= 11 is 5.81. The zero-order chi connectivity index (χ0) is 17.9. The molecular formula is C17H15ClN2O4S. The fourth-order valence-electron chi connectivity index (χ4n) is 2.27. The van der Waals surface area contributed by atoms with Gasteiger partial charge in [-0.25, -0.2) is 8.42 Å². The maximum absolute atomic E-state index is 12.4. The summed E-state index contributed by atoms with van der Waals surface area (Å²) in [5.74, 6) is 0.566. The molecule has 2 aromatic carbocycles. The molecule has 1 aromatic heterocycles. The molecule has 0 amide bonds. The fraction of sp³-hybridized carbons (Fsp3) is 0.118. The number of sulfonamides is 1. The maximum atomic E-state index is 12.4. The molecule has 0 aliphatic carbocycles. The average Bonchev–Trinajstić information content (AvgIpc) is 3.04. The number of nitrogens with zero attached hydrogens (tertiary/aromatic N) is 1. The summed E-state index contributed by atoms with van der Waals surface area (Å²) < 4.78 is 37.4. The van der Waals surface area contributed by atoms with Crippen LogP contribution in [0.2, 0.25) is 5.02 Å². The second-order valence-electron chi connectivity index (χ2n) is 5.28. The number of nitrogens with one attached hydrogen (secondary N) is 1. The van der Waals surface area contributed by atoms with Crippen molar-refractivity contribution in [2.45, 2.75) is 5.75 Å². The maximum Gasteiger partial charge on any atom is 0.245 e.